The molecule has 1 heterocycles. The fourth-order valence-electron chi connectivity index (χ4n) is 1.07. The zero-order chi connectivity index (χ0) is 11.8. The second-order valence-electron chi connectivity index (χ2n) is 2.99. The number of anilines is 1. The van der Waals surface area contributed by atoms with E-state index in [4.69, 9.17) is 4.74 Å². The van der Waals surface area contributed by atoms with Gasteiger partial charge in [0.15, 0.2) is 0 Å². The SMILES string of the molecule is CCOCCNC(=O)c1cncc(NC)n1. The summed E-state index contributed by atoms with van der Waals surface area (Å²) in [4.78, 5) is 19.5. The van der Waals surface area contributed by atoms with E-state index in [0.29, 0.717) is 31.3 Å². The number of ether oxygens (including phenoxy) is 1. The maximum atomic E-state index is 11.6. The van der Waals surface area contributed by atoms with Crippen LogP contribution in [-0.4, -0.2) is 42.7 Å². The Bertz CT molecular complexity index is 343. The van der Waals surface area contributed by atoms with Crippen LogP contribution in [-0.2, 0) is 4.74 Å². The number of rotatable bonds is 6. The summed E-state index contributed by atoms with van der Waals surface area (Å²) in [6, 6.07) is 0. The van der Waals surface area contributed by atoms with Gasteiger partial charge in [0.2, 0.25) is 0 Å². The minimum Gasteiger partial charge on any atom is -0.380 e. The molecule has 6 nitrogen and oxygen atoms in total. The molecule has 1 rings (SSSR count). The lowest BCUT2D eigenvalue weighted by molar-refractivity contribution is 0.0917. The van der Waals surface area contributed by atoms with Crippen LogP contribution in [0.4, 0.5) is 5.82 Å². The van der Waals surface area contributed by atoms with E-state index in [1.807, 2.05) is 6.92 Å². The molecule has 1 aromatic heterocycles. The van der Waals surface area contributed by atoms with Crippen LogP contribution in [0.3, 0.4) is 0 Å². The largest absolute Gasteiger partial charge is 0.380 e. The molecule has 0 aliphatic carbocycles. The van der Waals surface area contributed by atoms with Crippen LogP contribution >= 0.6 is 0 Å². The smallest absolute Gasteiger partial charge is 0.271 e. The topological polar surface area (TPSA) is 76.1 Å². The Morgan fingerprint density at radius 3 is 3.00 bits per heavy atom. The first kappa shape index (κ1) is 12.4. The molecule has 6 heteroatoms. The fraction of sp³-hybridized carbons (Fsp3) is 0.500. The van der Waals surface area contributed by atoms with E-state index in [-0.39, 0.29) is 5.91 Å². The highest BCUT2D eigenvalue weighted by Crippen LogP contribution is 2.00. The summed E-state index contributed by atoms with van der Waals surface area (Å²) in [6.45, 7) is 3.52. The van der Waals surface area contributed by atoms with E-state index in [1.165, 1.54) is 6.20 Å². The standard InChI is InChI=1S/C10H16N4O2/c1-3-16-5-4-13-10(15)8-6-12-7-9(11-2)14-8/h6-7H,3-5H2,1-2H3,(H,11,14)(H,13,15). The summed E-state index contributed by atoms with van der Waals surface area (Å²) in [5.41, 5.74) is 0.295. The lowest BCUT2D eigenvalue weighted by Crippen LogP contribution is -2.28. The molecule has 0 saturated heterocycles. The number of hydrogen-bond donors (Lipinski definition) is 2. The molecule has 2 N–H and O–H groups in total. The van der Waals surface area contributed by atoms with Gasteiger partial charge in [0.1, 0.15) is 11.5 Å². The molecule has 0 fully saturated rings. The molecule has 1 amide bonds. The summed E-state index contributed by atoms with van der Waals surface area (Å²) in [7, 11) is 1.72. The zero-order valence-electron chi connectivity index (χ0n) is 9.49. The number of carbonyl (C=O) groups is 1. The van der Waals surface area contributed by atoms with Gasteiger partial charge in [0.25, 0.3) is 5.91 Å². The highest BCUT2D eigenvalue weighted by atomic mass is 16.5. The van der Waals surface area contributed by atoms with Gasteiger partial charge in [0.05, 0.1) is 19.0 Å². The second-order valence-corrected chi connectivity index (χ2v) is 2.99. The first-order valence-corrected chi connectivity index (χ1v) is 5.13. The van der Waals surface area contributed by atoms with E-state index in [1.54, 1.807) is 13.2 Å². The molecule has 0 aromatic carbocycles. The Labute approximate surface area is 94.4 Å². The van der Waals surface area contributed by atoms with Crippen LogP contribution in [0.25, 0.3) is 0 Å². The van der Waals surface area contributed by atoms with Crippen molar-refractivity contribution in [1.82, 2.24) is 15.3 Å². The van der Waals surface area contributed by atoms with Gasteiger partial charge in [-0.25, -0.2) is 4.98 Å². The number of hydrogen-bond acceptors (Lipinski definition) is 5. The summed E-state index contributed by atoms with van der Waals surface area (Å²) < 4.78 is 5.10. The minimum absolute atomic E-state index is 0.246. The molecular weight excluding hydrogens is 208 g/mol. The summed E-state index contributed by atoms with van der Waals surface area (Å²) in [6.07, 6.45) is 2.98. The van der Waals surface area contributed by atoms with Crippen LogP contribution in [0.5, 0.6) is 0 Å². The quantitative estimate of drug-likeness (QED) is 0.679. The van der Waals surface area contributed by atoms with Crippen molar-refractivity contribution in [1.29, 1.82) is 0 Å². The molecule has 16 heavy (non-hydrogen) atoms. The predicted molar refractivity (Wildman–Crippen MR) is 60.4 cm³/mol. The average molecular weight is 224 g/mol. The number of nitrogens with zero attached hydrogens (tertiary/aromatic N) is 2. The van der Waals surface area contributed by atoms with Crippen LogP contribution in [0.1, 0.15) is 17.4 Å². The maximum Gasteiger partial charge on any atom is 0.271 e. The summed E-state index contributed by atoms with van der Waals surface area (Å²) in [5.74, 6) is 0.321. The number of carbonyl (C=O) groups excluding carboxylic acids is 1. The molecule has 0 aliphatic heterocycles. The molecule has 1 aromatic rings. The predicted octanol–water partition coefficient (Wildman–Crippen LogP) is 0.285. The molecule has 0 spiro atoms. The van der Waals surface area contributed by atoms with Crippen molar-refractivity contribution in [2.24, 2.45) is 0 Å². The first-order chi connectivity index (χ1) is 7.77. The lowest BCUT2D eigenvalue weighted by atomic mass is 10.4. The third-order valence-electron chi connectivity index (χ3n) is 1.86. The third kappa shape index (κ3) is 3.82. The van der Waals surface area contributed by atoms with E-state index in [2.05, 4.69) is 20.6 Å². The third-order valence-corrected chi connectivity index (χ3v) is 1.86. The second kappa shape index (κ2) is 6.73. The van der Waals surface area contributed by atoms with Crippen LogP contribution in [0.2, 0.25) is 0 Å². The van der Waals surface area contributed by atoms with Crippen molar-refractivity contribution in [3.8, 4) is 0 Å². The van der Waals surface area contributed by atoms with Gasteiger partial charge in [-0.3, -0.25) is 9.78 Å². The first-order valence-electron chi connectivity index (χ1n) is 5.13. The van der Waals surface area contributed by atoms with Crippen molar-refractivity contribution >= 4 is 11.7 Å². The average Bonchev–Trinajstić information content (AvgIpc) is 2.34. The molecule has 0 aliphatic rings. The van der Waals surface area contributed by atoms with Gasteiger partial charge in [-0.15, -0.1) is 0 Å². The van der Waals surface area contributed by atoms with Gasteiger partial charge >= 0.3 is 0 Å². The van der Waals surface area contributed by atoms with Gasteiger partial charge in [0, 0.05) is 20.2 Å². The number of aromatic nitrogens is 2. The minimum atomic E-state index is -0.246. The summed E-state index contributed by atoms with van der Waals surface area (Å²) >= 11 is 0. The molecule has 0 saturated carbocycles. The maximum absolute atomic E-state index is 11.6. The van der Waals surface area contributed by atoms with Crippen molar-refractivity contribution in [2.75, 3.05) is 32.1 Å². The highest BCUT2D eigenvalue weighted by Gasteiger charge is 2.07. The highest BCUT2D eigenvalue weighted by molar-refractivity contribution is 5.92. The number of amides is 1. The van der Waals surface area contributed by atoms with Crippen LogP contribution in [0, 0.1) is 0 Å². The Morgan fingerprint density at radius 1 is 1.50 bits per heavy atom. The van der Waals surface area contributed by atoms with E-state index < -0.39 is 0 Å². The van der Waals surface area contributed by atoms with E-state index in [0.717, 1.165) is 0 Å². The van der Waals surface area contributed by atoms with Crippen LogP contribution < -0.4 is 10.6 Å². The monoisotopic (exact) mass is 224 g/mol. The van der Waals surface area contributed by atoms with E-state index >= 15 is 0 Å². The van der Waals surface area contributed by atoms with Crippen LogP contribution in [0.15, 0.2) is 12.4 Å². The molecular formula is C10H16N4O2. The van der Waals surface area contributed by atoms with Gasteiger partial charge in [-0.2, -0.15) is 0 Å². The zero-order valence-corrected chi connectivity index (χ0v) is 9.49. The van der Waals surface area contributed by atoms with Crippen molar-refractivity contribution < 1.29 is 9.53 Å². The molecule has 0 radical (unpaired) electrons. The molecule has 0 unspecified atom stereocenters. The molecule has 88 valence electrons. The van der Waals surface area contributed by atoms with Crippen molar-refractivity contribution in [3.05, 3.63) is 18.1 Å². The normalized spacial score (nSPS) is 9.88. The fourth-order valence-corrected chi connectivity index (χ4v) is 1.07. The Morgan fingerprint density at radius 2 is 2.31 bits per heavy atom. The van der Waals surface area contributed by atoms with E-state index in [9.17, 15) is 4.79 Å². The Hall–Kier alpha value is -1.69. The number of nitrogens with one attached hydrogen (secondary N) is 2. The summed E-state index contributed by atoms with van der Waals surface area (Å²) in [5, 5.41) is 5.51. The van der Waals surface area contributed by atoms with Gasteiger partial charge < -0.3 is 15.4 Å². The Balaban J connectivity index is 2.46. The lowest BCUT2D eigenvalue weighted by Gasteiger charge is -2.05. The molecule has 0 atom stereocenters. The Kier molecular flexibility index (Phi) is 5.21. The van der Waals surface area contributed by atoms with Crippen molar-refractivity contribution in [3.63, 3.8) is 0 Å². The van der Waals surface area contributed by atoms with Gasteiger partial charge in [-0.05, 0) is 6.92 Å². The molecule has 0 bridgehead atoms. The van der Waals surface area contributed by atoms with Gasteiger partial charge in [-0.1, -0.05) is 0 Å². The van der Waals surface area contributed by atoms with Crippen molar-refractivity contribution in [2.45, 2.75) is 6.92 Å².